The molecule has 34 heavy (non-hydrogen) atoms. The summed E-state index contributed by atoms with van der Waals surface area (Å²) >= 11 is 0. The van der Waals surface area contributed by atoms with Crippen LogP contribution in [0.15, 0.2) is 90.3 Å². The third-order valence-corrected chi connectivity index (χ3v) is 5.90. The van der Waals surface area contributed by atoms with Crippen molar-refractivity contribution in [3.63, 3.8) is 0 Å². The number of benzene rings is 3. The minimum absolute atomic E-state index is 0.0473. The number of anilines is 1. The molecule has 0 bridgehead atoms. The molecule has 2 amide bonds. The first-order valence-corrected chi connectivity index (χ1v) is 11.5. The molecule has 0 aromatic heterocycles. The van der Waals surface area contributed by atoms with Crippen molar-refractivity contribution in [2.45, 2.75) is 4.90 Å². The molecule has 0 aliphatic carbocycles. The standard InChI is InChI=1S/C24H23N3O6S/c1-3-15-33-21-11-7-17(8-12-21)23(28)25-26-24(29)18-5-4-6-22(16-18)34(30,31)27-19-9-13-20(32-2)14-10-19/h3-14,16,27H,1,15H2,2H3,(H,25,28)(H,26,29). The van der Waals surface area contributed by atoms with E-state index in [4.69, 9.17) is 9.47 Å². The quantitative estimate of drug-likeness (QED) is 0.319. The predicted octanol–water partition coefficient (Wildman–Crippen LogP) is 3.14. The first-order valence-electron chi connectivity index (χ1n) is 10.0. The molecule has 0 saturated carbocycles. The van der Waals surface area contributed by atoms with Crippen LogP contribution >= 0.6 is 0 Å². The molecule has 0 unspecified atom stereocenters. The maximum Gasteiger partial charge on any atom is 0.269 e. The van der Waals surface area contributed by atoms with Crippen LogP contribution in [-0.4, -0.2) is 33.9 Å². The monoisotopic (exact) mass is 481 g/mol. The highest BCUT2D eigenvalue weighted by molar-refractivity contribution is 7.92. The summed E-state index contributed by atoms with van der Waals surface area (Å²) < 4.78 is 38.3. The van der Waals surface area contributed by atoms with E-state index in [1.165, 1.54) is 43.5 Å². The number of nitrogens with one attached hydrogen (secondary N) is 3. The van der Waals surface area contributed by atoms with Crippen LogP contribution in [0.3, 0.4) is 0 Å². The summed E-state index contributed by atoms with van der Waals surface area (Å²) in [5.41, 5.74) is 5.25. The van der Waals surface area contributed by atoms with Gasteiger partial charge in [0.15, 0.2) is 0 Å². The second-order valence-electron chi connectivity index (χ2n) is 6.89. The SMILES string of the molecule is C=CCOc1ccc(C(=O)NNC(=O)c2cccc(S(=O)(=O)Nc3ccc(OC)cc3)c2)cc1. The van der Waals surface area contributed by atoms with Crippen molar-refractivity contribution in [2.75, 3.05) is 18.4 Å². The van der Waals surface area contributed by atoms with E-state index in [1.807, 2.05) is 0 Å². The van der Waals surface area contributed by atoms with Crippen molar-refractivity contribution in [2.24, 2.45) is 0 Å². The van der Waals surface area contributed by atoms with Crippen molar-refractivity contribution in [3.05, 3.63) is 96.6 Å². The number of sulfonamides is 1. The number of hydrazine groups is 1. The summed E-state index contributed by atoms with van der Waals surface area (Å²) in [7, 11) is -2.44. The summed E-state index contributed by atoms with van der Waals surface area (Å²) in [6, 6.07) is 18.1. The van der Waals surface area contributed by atoms with Gasteiger partial charge in [-0.3, -0.25) is 25.2 Å². The van der Waals surface area contributed by atoms with Gasteiger partial charge >= 0.3 is 0 Å². The Morgan fingerprint density at radius 1 is 0.882 bits per heavy atom. The second kappa shape index (κ2) is 11.0. The molecule has 0 aliphatic rings. The predicted molar refractivity (Wildman–Crippen MR) is 127 cm³/mol. The van der Waals surface area contributed by atoms with Gasteiger partial charge in [-0.15, -0.1) is 0 Å². The highest BCUT2D eigenvalue weighted by Gasteiger charge is 2.17. The summed E-state index contributed by atoms with van der Waals surface area (Å²) in [6.07, 6.45) is 1.60. The lowest BCUT2D eigenvalue weighted by Gasteiger charge is -2.11. The fourth-order valence-electron chi connectivity index (χ4n) is 2.79. The third-order valence-electron chi connectivity index (χ3n) is 4.52. The molecule has 0 atom stereocenters. The molecule has 3 N–H and O–H groups in total. The van der Waals surface area contributed by atoms with E-state index in [9.17, 15) is 18.0 Å². The van der Waals surface area contributed by atoms with Crippen LogP contribution in [0.2, 0.25) is 0 Å². The average molecular weight is 482 g/mol. The van der Waals surface area contributed by atoms with E-state index in [0.29, 0.717) is 29.4 Å². The van der Waals surface area contributed by atoms with Crippen LogP contribution in [0.25, 0.3) is 0 Å². The molecule has 9 nitrogen and oxygen atoms in total. The molecule has 3 aromatic carbocycles. The minimum Gasteiger partial charge on any atom is -0.497 e. The fraction of sp³-hybridized carbons (Fsp3) is 0.0833. The molecule has 0 saturated heterocycles. The summed E-state index contributed by atoms with van der Waals surface area (Å²) in [5, 5.41) is 0. The van der Waals surface area contributed by atoms with Gasteiger partial charge in [0.1, 0.15) is 18.1 Å². The van der Waals surface area contributed by atoms with E-state index < -0.39 is 21.8 Å². The topological polar surface area (TPSA) is 123 Å². The number of methoxy groups -OCH3 is 1. The van der Waals surface area contributed by atoms with E-state index in [-0.39, 0.29) is 10.5 Å². The Morgan fingerprint density at radius 3 is 2.12 bits per heavy atom. The first-order chi connectivity index (χ1) is 16.3. The third kappa shape index (κ3) is 6.36. The van der Waals surface area contributed by atoms with Gasteiger partial charge in [0, 0.05) is 16.8 Å². The van der Waals surface area contributed by atoms with Gasteiger partial charge in [-0.2, -0.15) is 0 Å². The van der Waals surface area contributed by atoms with Crippen molar-refractivity contribution in [3.8, 4) is 11.5 Å². The number of rotatable bonds is 9. The van der Waals surface area contributed by atoms with Crippen molar-refractivity contribution in [1.82, 2.24) is 10.9 Å². The molecular formula is C24H23N3O6S. The Labute approximate surface area is 197 Å². The van der Waals surface area contributed by atoms with E-state index in [2.05, 4.69) is 22.2 Å². The highest BCUT2D eigenvalue weighted by Crippen LogP contribution is 2.20. The second-order valence-corrected chi connectivity index (χ2v) is 8.58. The molecule has 0 radical (unpaired) electrons. The van der Waals surface area contributed by atoms with Gasteiger partial charge in [-0.25, -0.2) is 8.42 Å². The largest absolute Gasteiger partial charge is 0.497 e. The molecule has 3 aromatic rings. The molecule has 0 heterocycles. The van der Waals surface area contributed by atoms with Gasteiger partial charge in [0.2, 0.25) is 0 Å². The zero-order valence-electron chi connectivity index (χ0n) is 18.3. The van der Waals surface area contributed by atoms with Gasteiger partial charge < -0.3 is 9.47 Å². The minimum atomic E-state index is -3.95. The summed E-state index contributed by atoms with van der Waals surface area (Å²) in [4.78, 5) is 24.6. The number of amides is 2. The average Bonchev–Trinajstić information content (AvgIpc) is 2.86. The maximum atomic E-state index is 12.7. The van der Waals surface area contributed by atoms with E-state index >= 15 is 0 Å². The molecule has 0 spiro atoms. The van der Waals surface area contributed by atoms with Gasteiger partial charge in [0.05, 0.1) is 12.0 Å². The summed E-state index contributed by atoms with van der Waals surface area (Å²) in [5.74, 6) is -0.0725. The number of carbonyl (C=O) groups is 2. The van der Waals surface area contributed by atoms with Crippen molar-refractivity contribution < 1.29 is 27.5 Å². The molecule has 0 fully saturated rings. The molecule has 10 heteroatoms. The lowest BCUT2D eigenvalue weighted by Crippen LogP contribution is -2.41. The number of ether oxygens (including phenoxy) is 2. The van der Waals surface area contributed by atoms with Crippen LogP contribution in [-0.2, 0) is 10.0 Å². The molecule has 0 aliphatic heterocycles. The number of carbonyl (C=O) groups excluding carboxylic acids is 2. The zero-order chi connectivity index (χ0) is 24.6. The fourth-order valence-corrected chi connectivity index (χ4v) is 3.90. The van der Waals surface area contributed by atoms with Gasteiger partial charge in [0.25, 0.3) is 21.8 Å². The van der Waals surface area contributed by atoms with E-state index in [1.54, 1.807) is 42.5 Å². The zero-order valence-corrected chi connectivity index (χ0v) is 19.1. The Balaban J connectivity index is 1.63. The lowest BCUT2D eigenvalue weighted by atomic mass is 10.2. The normalized spacial score (nSPS) is 10.6. The van der Waals surface area contributed by atoms with Crippen LogP contribution in [0.4, 0.5) is 5.69 Å². The molecule has 3 rings (SSSR count). The van der Waals surface area contributed by atoms with Crippen LogP contribution in [0, 0.1) is 0 Å². The summed E-state index contributed by atoms with van der Waals surface area (Å²) in [6.45, 7) is 3.90. The molecule has 176 valence electrons. The number of hydrogen-bond donors (Lipinski definition) is 3. The van der Waals surface area contributed by atoms with Gasteiger partial charge in [-0.1, -0.05) is 18.7 Å². The van der Waals surface area contributed by atoms with Gasteiger partial charge in [-0.05, 0) is 66.7 Å². The smallest absolute Gasteiger partial charge is 0.269 e. The van der Waals surface area contributed by atoms with Crippen LogP contribution in [0.5, 0.6) is 11.5 Å². The lowest BCUT2D eigenvalue weighted by molar-refractivity contribution is 0.0846. The highest BCUT2D eigenvalue weighted by atomic mass is 32.2. The van der Waals surface area contributed by atoms with Crippen molar-refractivity contribution >= 4 is 27.5 Å². The first kappa shape index (κ1) is 24.3. The Kier molecular flexibility index (Phi) is 7.88. The van der Waals surface area contributed by atoms with Crippen LogP contribution < -0.4 is 25.0 Å². The Morgan fingerprint density at radius 2 is 1.50 bits per heavy atom. The Hall–Kier alpha value is -4.31. The maximum absolute atomic E-state index is 12.7. The molecular weight excluding hydrogens is 458 g/mol. The van der Waals surface area contributed by atoms with E-state index in [0.717, 1.165) is 0 Å². The van der Waals surface area contributed by atoms with Crippen molar-refractivity contribution in [1.29, 1.82) is 0 Å². The number of hydrogen-bond acceptors (Lipinski definition) is 6. The Bertz CT molecular complexity index is 1270. The van der Waals surface area contributed by atoms with Crippen LogP contribution in [0.1, 0.15) is 20.7 Å².